The van der Waals surface area contributed by atoms with Crippen molar-refractivity contribution in [1.29, 1.82) is 0 Å². The minimum absolute atomic E-state index is 0.00251. The Labute approximate surface area is 219 Å². The van der Waals surface area contributed by atoms with Crippen LogP contribution in [-0.4, -0.2) is 62.6 Å². The van der Waals surface area contributed by atoms with E-state index in [4.69, 9.17) is 16.3 Å². The van der Waals surface area contributed by atoms with E-state index in [1.165, 1.54) is 18.2 Å². The van der Waals surface area contributed by atoms with Crippen LogP contribution in [0.25, 0.3) is 0 Å². The molecule has 4 rings (SSSR count). The van der Waals surface area contributed by atoms with E-state index in [1.54, 1.807) is 24.0 Å². The highest BCUT2D eigenvalue weighted by atomic mass is 35.5. The van der Waals surface area contributed by atoms with E-state index in [-0.39, 0.29) is 28.4 Å². The largest absolute Gasteiger partial charge is 0.466 e. The van der Waals surface area contributed by atoms with Crippen molar-refractivity contribution in [3.63, 3.8) is 0 Å². The van der Waals surface area contributed by atoms with Crippen molar-refractivity contribution < 1.29 is 31.9 Å². The second-order valence-corrected chi connectivity index (χ2v) is 11.5. The summed E-state index contributed by atoms with van der Waals surface area (Å²) >= 11 is 5.95. The zero-order valence-electron chi connectivity index (χ0n) is 20.1. The van der Waals surface area contributed by atoms with Crippen LogP contribution in [0.3, 0.4) is 0 Å². The van der Waals surface area contributed by atoms with E-state index in [0.717, 1.165) is 6.07 Å². The topological polar surface area (TPSA) is 122 Å². The highest BCUT2D eigenvalue weighted by Crippen LogP contribution is 2.30. The number of sulfone groups is 1. The Morgan fingerprint density at radius 2 is 1.89 bits per heavy atom. The molecule has 2 heterocycles. The predicted octanol–water partition coefficient (Wildman–Crippen LogP) is 3.24. The lowest BCUT2D eigenvalue weighted by molar-refractivity contribution is -0.149. The van der Waals surface area contributed by atoms with Gasteiger partial charge in [-0.15, -0.1) is 0 Å². The van der Waals surface area contributed by atoms with Crippen LogP contribution in [0.1, 0.15) is 35.7 Å². The predicted molar refractivity (Wildman–Crippen MR) is 137 cm³/mol. The number of benzene rings is 2. The molecule has 2 aromatic carbocycles. The van der Waals surface area contributed by atoms with Crippen LogP contribution in [0.15, 0.2) is 36.4 Å². The number of piperidine rings is 1. The molecule has 2 aliphatic heterocycles. The molecule has 2 N–H and O–H groups in total. The molecule has 2 amide bonds. The number of nitrogens with one attached hydrogen (secondary N) is 2. The number of amides is 2. The first-order valence-corrected chi connectivity index (χ1v) is 14.1. The smallest absolute Gasteiger partial charge is 0.309 e. The fraction of sp³-hybridized carbons (Fsp3) is 0.400. The number of hydrogen-bond acceptors (Lipinski definition) is 7. The minimum atomic E-state index is -3.91. The zero-order valence-corrected chi connectivity index (χ0v) is 21.7. The number of hydrogen-bond donors (Lipinski definition) is 2. The zero-order chi connectivity index (χ0) is 26.7. The SMILES string of the molecule is CCOC(=O)C1CCN(C(=O)c2ccc3c(c2)NC(=O)C(CS(=O)(=O)Cc2c(F)cccc2Cl)N3)CC1. The molecule has 0 saturated carbocycles. The Balaban J connectivity index is 1.40. The summed E-state index contributed by atoms with van der Waals surface area (Å²) in [5, 5.41) is 5.55. The molecule has 2 aliphatic rings. The van der Waals surface area contributed by atoms with Gasteiger partial charge < -0.3 is 20.3 Å². The lowest BCUT2D eigenvalue weighted by Crippen LogP contribution is -2.44. The van der Waals surface area contributed by atoms with Crippen LogP contribution in [0.4, 0.5) is 15.8 Å². The molecule has 0 bridgehead atoms. The molecule has 198 valence electrons. The van der Waals surface area contributed by atoms with E-state index < -0.39 is 39.1 Å². The number of carbonyl (C=O) groups excluding carboxylic acids is 3. The van der Waals surface area contributed by atoms with Gasteiger partial charge in [-0.1, -0.05) is 17.7 Å². The molecule has 12 heteroatoms. The molecule has 37 heavy (non-hydrogen) atoms. The summed E-state index contributed by atoms with van der Waals surface area (Å²) in [6.07, 6.45) is 1.03. The van der Waals surface area contributed by atoms with Crippen molar-refractivity contribution in [2.45, 2.75) is 31.6 Å². The summed E-state index contributed by atoms with van der Waals surface area (Å²) in [5.74, 6) is -3.23. The molecule has 0 aliphatic carbocycles. The standard InChI is InChI=1S/C25H27ClFN3O6S/c1-2-36-25(33)15-8-10-30(11-9-15)24(32)16-6-7-20-21(12-16)29-23(31)22(28-20)14-37(34,35)13-17-18(26)4-3-5-19(17)27/h3-7,12,15,22,28H,2,8-11,13-14H2,1H3,(H,29,31). The normalized spacial score (nSPS) is 18.0. The number of fused-ring (bicyclic) bond motifs is 1. The van der Waals surface area contributed by atoms with Gasteiger partial charge in [0.25, 0.3) is 5.91 Å². The summed E-state index contributed by atoms with van der Waals surface area (Å²) in [6.45, 7) is 2.90. The number of ether oxygens (including phenoxy) is 1. The second-order valence-electron chi connectivity index (χ2n) is 9.02. The fourth-order valence-corrected chi connectivity index (χ4v) is 6.36. The monoisotopic (exact) mass is 551 g/mol. The van der Waals surface area contributed by atoms with Crippen LogP contribution in [0, 0.1) is 11.7 Å². The number of likely N-dealkylation sites (tertiary alicyclic amines) is 1. The molecule has 1 saturated heterocycles. The first-order chi connectivity index (χ1) is 17.6. The number of carbonyl (C=O) groups is 3. The number of nitrogens with zero attached hydrogens (tertiary/aromatic N) is 1. The highest BCUT2D eigenvalue weighted by Gasteiger charge is 2.33. The minimum Gasteiger partial charge on any atom is -0.466 e. The molecule has 1 unspecified atom stereocenters. The van der Waals surface area contributed by atoms with Gasteiger partial charge in [-0.2, -0.15) is 0 Å². The van der Waals surface area contributed by atoms with Crippen LogP contribution >= 0.6 is 11.6 Å². The molecular weight excluding hydrogens is 525 g/mol. The summed E-state index contributed by atoms with van der Waals surface area (Å²) in [5.41, 5.74) is 1.02. The van der Waals surface area contributed by atoms with Crippen LogP contribution < -0.4 is 10.6 Å². The van der Waals surface area contributed by atoms with Gasteiger partial charge in [0.05, 0.1) is 35.4 Å². The van der Waals surface area contributed by atoms with Crippen LogP contribution in [0.5, 0.6) is 0 Å². The average molecular weight is 552 g/mol. The second kappa shape index (κ2) is 11.1. The van der Waals surface area contributed by atoms with Gasteiger partial charge in [0.2, 0.25) is 5.91 Å². The molecular formula is C25H27ClFN3O6S. The third-order valence-corrected chi connectivity index (χ3v) is 8.34. The average Bonchev–Trinajstić information content (AvgIpc) is 2.86. The quantitative estimate of drug-likeness (QED) is 0.507. The van der Waals surface area contributed by atoms with Crippen molar-refractivity contribution in [3.05, 3.63) is 58.4 Å². The Morgan fingerprint density at radius 1 is 1.16 bits per heavy atom. The molecule has 0 aromatic heterocycles. The van der Waals surface area contributed by atoms with E-state index in [0.29, 0.717) is 49.5 Å². The van der Waals surface area contributed by atoms with Crippen molar-refractivity contribution in [3.8, 4) is 0 Å². The van der Waals surface area contributed by atoms with Gasteiger partial charge in [-0.05, 0) is 50.1 Å². The maximum atomic E-state index is 14.1. The number of esters is 1. The molecule has 0 radical (unpaired) electrons. The Bertz CT molecular complexity index is 1310. The van der Waals surface area contributed by atoms with Crippen LogP contribution in [-0.2, 0) is 29.9 Å². The van der Waals surface area contributed by atoms with E-state index >= 15 is 0 Å². The summed E-state index contributed by atoms with van der Waals surface area (Å²) in [4.78, 5) is 39.3. The van der Waals surface area contributed by atoms with Crippen molar-refractivity contribution in [2.75, 3.05) is 36.1 Å². The first kappa shape index (κ1) is 26.9. The van der Waals surface area contributed by atoms with Gasteiger partial charge in [0.1, 0.15) is 11.9 Å². The Hall–Kier alpha value is -3.18. The summed E-state index contributed by atoms with van der Waals surface area (Å²) in [6, 6.07) is 7.52. The number of halogens is 2. The molecule has 1 fully saturated rings. The third-order valence-electron chi connectivity index (χ3n) is 6.42. The van der Waals surface area contributed by atoms with Crippen LogP contribution in [0.2, 0.25) is 5.02 Å². The maximum Gasteiger partial charge on any atom is 0.309 e. The molecule has 0 spiro atoms. The van der Waals surface area contributed by atoms with Gasteiger partial charge in [-0.3, -0.25) is 14.4 Å². The van der Waals surface area contributed by atoms with Gasteiger partial charge in [0, 0.05) is 29.2 Å². The lowest BCUT2D eigenvalue weighted by Gasteiger charge is -2.31. The summed E-state index contributed by atoms with van der Waals surface area (Å²) < 4.78 is 44.6. The third kappa shape index (κ3) is 6.22. The van der Waals surface area contributed by atoms with Crippen molar-refractivity contribution in [2.24, 2.45) is 5.92 Å². The lowest BCUT2D eigenvalue weighted by atomic mass is 9.96. The summed E-state index contributed by atoms with van der Waals surface area (Å²) in [7, 11) is -3.91. The first-order valence-electron chi connectivity index (χ1n) is 11.9. The maximum absolute atomic E-state index is 14.1. The number of rotatable bonds is 7. The van der Waals surface area contributed by atoms with Gasteiger partial charge in [-0.25, -0.2) is 12.8 Å². The number of anilines is 2. The van der Waals surface area contributed by atoms with Crippen molar-refractivity contribution in [1.82, 2.24) is 4.90 Å². The van der Waals surface area contributed by atoms with Gasteiger partial charge >= 0.3 is 5.97 Å². The van der Waals surface area contributed by atoms with E-state index in [1.807, 2.05) is 0 Å². The Kier molecular flexibility index (Phi) is 8.03. The fourth-order valence-electron chi connectivity index (χ4n) is 4.46. The van der Waals surface area contributed by atoms with E-state index in [9.17, 15) is 27.2 Å². The van der Waals surface area contributed by atoms with Crippen molar-refractivity contribution >= 4 is 50.6 Å². The molecule has 9 nitrogen and oxygen atoms in total. The Morgan fingerprint density at radius 3 is 2.57 bits per heavy atom. The molecule has 2 aromatic rings. The van der Waals surface area contributed by atoms with E-state index in [2.05, 4.69) is 10.6 Å². The van der Waals surface area contributed by atoms with Gasteiger partial charge in [0.15, 0.2) is 9.84 Å². The highest BCUT2D eigenvalue weighted by molar-refractivity contribution is 7.90. The molecule has 1 atom stereocenters.